The Morgan fingerprint density at radius 3 is 2.64 bits per heavy atom. The molecule has 5 atom stereocenters. The maximum Gasteiger partial charge on any atom is 0.353 e. The molecule has 2 saturated heterocycles. The van der Waals surface area contributed by atoms with Gasteiger partial charge in [0.15, 0.2) is 0 Å². The third-order valence-corrected chi connectivity index (χ3v) is 6.03. The lowest BCUT2D eigenvalue weighted by Crippen LogP contribution is -2.63. The summed E-state index contributed by atoms with van der Waals surface area (Å²) in [6.07, 6.45) is -0.447. The Bertz CT molecular complexity index is 588. The molecule has 2 amide bonds. The van der Waals surface area contributed by atoms with Crippen LogP contribution in [0.2, 0.25) is 0 Å². The number of nitrogens with one attached hydrogen (secondary N) is 1. The number of fused-ring (bicyclic) bond motifs is 1. The minimum Gasteiger partial charge on any atom is -0.477 e. The molecule has 3 aliphatic rings. The normalized spacial score (nSPS) is 35.3. The zero-order chi connectivity index (χ0) is 16.2. The fourth-order valence-electron chi connectivity index (χ4n) is 3.52. The Balaban J connectivity index is 1.88. The average Bonchev–Trinajstić information content (AvgIpc) is 2.92. The van der Waals surface area contributed by atoms with Gasteiger partial charge in [-0.2, -0.15) is 0 Å². The van der Waals surface area contributed by atoms with Gasteiger partial charge in [-0.3, -0.25) is 9.59 Å². The summed E-state index contributed by atoms with van der Waals surface area (Å²) >= 11 is 1.37. The number of carbonyl (C=O) groups is 3. The number of nitrogens with zero attached hydrogens (tertiary/aromatic N) is 1. The van der Waals surface area contributed by atoms with E-state index in [0.717, 1.165) is 0 Å². The van der Waals surface area contributed by atoms with Crippen molar-refractivity contribution in [3.05, 3.63) is 10.6 Å². The van der Waals surface area contributed by atoms with Crippen molar-refractivity contribution in [2.24, 2.45) is 11.8 Å². The number of aliphatic carboxylic acids is 1. The minimum absolute atomic E-state index is 0.0156. The molecule has 3 aliphatic heterocycles. The highest BCUT2D eigenvalue weighted by molar-refractivity contribution is 8.03. The van der Waals surface area contributed by atoms with Crippen LogP contribution in [0.1, 0.15) is 20.3 Å². The van der Waals surface area contributed by atoms with Crippen molar-refractivity contribution in [2.45, 2.75) is 37.7 Å². The Hall–Kier alpha value is -1.54. The second-order valence-corrected chi connectivity index (χ2v) is 7.36. The zero-order valence-corrected chi connectivity index (χ0v) is 13.1. The van der Waals surface area contributed by atoms with Crippen LogP contribution in [0.15, 0.2) is 10.6 Å². The largest absolute Gasteiger partial charge is 0.477 e. The Morgan fingerprint density at radius 1 is 1.45 bits per heavy atom. The highest BCUT2D eigenvalue weighted by Crippen LogP contribution is 2.51. The van der Waals surface area contributed by atoms with Gasteiger partial charge in [-0.15, -0.1) is 11.8 Å². The molecule has 2 fully saturated rings. The SMILES string of the molecule is CC(O)C1C(=O)N2C(C(=O)O)=C(SC3CNC(=O)C3)C(C)[C@H]12. The van der Waals surface area contributed by atoms with E-state index in [1.165, 1.54) is 16.7 Å². The van der Waals surface area contributed by atoms with Gasteiger partial charge < -0.3 is 20.4 Å². The second kappa shape index (κ2) is 5.27. The number of amides is 2. The quantitative estimate of drug-likeness (QED) is 0.616. The van der Waals surface area contributed by atoms with Gasteiger partial charge >= 0.3 is 5.97 Å². The molecule has 0 aromatic heterocycles. The van der Waals surface area contributed by atoms with Gasteiger partial charge in [0.1, 0.15) is 5.70 Å². The fraction of sp³-hybridized carbons (Fsp3) is 0.643. The summed E-state index contributed by atoms with van der Waals surface area (Å²) in [7, 11) is 0. The molecular formula is C14H18N2O5S. The van der Waals surface area contributed by atoms with E-state index in [4.69, 9.17) is 0 Å². The molecule has 7 nitrogen and oxygen atoms in total. The predicted molar refractivity (Wildman–Crippen MR) is 78.6 cm³/mol. The number of hydrogen-bond acceptors (Lipinski definition) is 5. The number of β-lactam (4-membered cyclic amide) rings is 1. The Morgan fingerprint density at radius 2 is 2.14 bits per heavy atom. The summed E-state index contributed by atoms with van der Waals surface area (Å²) in [6.45, 7) is 3.94. The van der Waals surface area contributed by atoms with E-state index in [1.807, 2.05) is 6.92 Å². The molecule has 3 heterocycles. The van der Waals surface area contributed by atoms with Gasteiger partial charge in [0, 0.05) is 29.0 Å². The van der Waals surface area contributed by atoms with Crippen LogP contribution in [0.3, 0.4) is 0 Å². The van der Waals surface area contributed by atoms with E-state index < -0.39 is 18.0 Å². The van der Waals surface area contributed by atoms with Gasteiger partial charge in [-0.1, -0.05) is 6.92 Å². The van der Waals surface area contributed by atoms with Gasteiger partial charge in [0.2, 0.25) is 11.8 Å². The van der Waals surface area contributed by atoms with Crippen molar-refractivity contribution in [1.29, 1.82) is 0 Å². The summed E-state index contributed by atoms with van der Waals surface area (Å²) in [5.41, 5.74) is 0.0174. The average molecular weight is 326 g/mol. The molecule has 3 N–H and O–H groups in total. The fourth-order valence-corrected chi connectivity index (χ4v) is 4.93. The monoisotopic (exact) mass is 326 g/mol. The highest BCUT2D eigenvalue weighted by atomic mass is 32.2. The van der Waals surface area contributed by atoms with E-state index in [1.54, 1.807) is 6.92 Å². The van der Waals surface area contributed by atoms with Crippen LogP contribution in [0.4, 0.5) is 0 Å². The molecule has 8 heteroatoms. The van der Waals surface area contributed by atoms with E-state index in [2.05, 4.69) is 5.32 Å². The maximum atomic E-state index is 12.2. The Labute approximate surface area is 131 Å². The van der Waals surface area contributed by atoms with E-state index >= 15 is 0 Å². The smallest absolute Gasteiger partial charge is 0.353 e. The van der Waals surface area contributed by atoms with Crippen molar-refractivity contribution in [3.8, 4) is 0 Å². The lowest BCUT2D eigenvalue weighted by molar-refractivity contribution is -0.163. The number of carboxylic acid groups (broad SMARTS) is 1. The maximum absolute atomic E-state index is 12.2. The predicted octanol–water partition coefficient (Wildman–Crippen LogP) is -0.238. The first-order valence-electron chi connectivity index (χ1n) is 7.25. The van der Waals surface area contributed by atoms with Crippen LogP contribution < -0.4 is 5.32 Å². The highest BCUT2D eigenvalue weighted by Gasteiger charge is 2.60. The number of aliphatic hydroxyl groups excluding tert-OH is 1. The molecule has 0 bridgehead atoms. The molecule has 0 spiro atoms. The van der Waals surface area contributed by atoms with Crippen LogP contribution in [-0.4, -0.2) is 56.8 Å². The molecule has 0 radical (unpaired) electrons. The molecule has 22 heavy (non-hydrogen) atoms. The second-order valence-electron chi connectivity index (χ2n) is 6.02. The number of rotatable bonds is 4. The van der Waals surface area contributed by atoms with Gasteiger partial charge in [0.25, 0.3) is 0 Å². The molecule has 0 saturated carbocycles. The lowest BCUT2D eigenvalue weighted by Gasteiger charge is -2.46. The lowest BCUT2D eigenvalue weighted by atomic mass is 9.79. The number of carbonyl (C=O) groups excluding carboxylic acids is 2. The molecule has 0 aliphatic carbocycles. The third-order valence-electron chi connectivity index (χ3n) is 4.54. The number of thioether (sulfide) groups is 1. The third kappa shape index (κ3) is 2.13. The van der Waals surface area contributed by atoms with Crippen molar-refractivity contribution in [3.63, 3.8) is 0 Å². The summed E-state index contributed by atoms with van der Waals surface area (Å²) in [6, 6.07) is -0.300. The topological polar surface area (TPSA) is 107 Å². The molecule has 120 valence electrons. The molecule has 3 rings (SSSR count). The molecule has 4 unspecified atom stereocenters. The van der Waals surface area contributed by atoms with Crippen molar-refractivity contribution in [1.82, 2.24) is 10.2 Å². The standard InChI is InChI=1S/C14H18N2O5S/c1-5-10-9(6(2)17)13(19)16(10)11(14(20)21)12(5)22-7-3-8(18)15-4-7/h5-7,9-10,17H,3-4H2,1-2H3,(H,15,18)(H,20,21)/t5?,6?,7?,9?,10-/m1/s1. The van der Waals surface area contributed by atoms with E-state index in [0.29, 0.717) is 17.9 Å². The van der Waals surface area contributed by atoms with Crippen LogP contribution in [-0.2, 0) is 14.4 Å². The summed E-state index contributed by atoms with van der Waals surface area (Å²) in [5, 5.41) is 22.0. The number of carboxylic acids is 1. The number of aliphatic hydroxyl groups is 1. The molecule has 0 aromatic rings. The Kier molecular flexibility index (Phi) is 3.68. The summed E-state index contributed by atoms with van der Waals surface area (Å²) in [4.78, 5) is 37.0. The molecular weight excluding hydrogens is 308 g/mol. The molecule has 0 aromatic carbocycles. The van der Waals surface area contributed by atoms with Crippen molar-refractivity contribution in [2.75, 3.05) is 6.54 Å². The van der Waals surface area contributed by atoms with Gasteiger partial charge in [-0.25, -0.2) is 4.79 Å². The zero-order valence-electron chi connectivity index (χ0n) is 12.3. The first kappa shape index (κ1) is 15.4. The van der Waals surface area contributed by atoms with Crippen molar-refractivity contribution < 1.29 is 24.6 Å². The van der Waals surface area contributed by atoms with Crippen molar-refractivity contribution >= 4 is 29.5 Å². The first-order chi connectivity index (χ1) is 10.3. The van der Waals surface area contributed by atoms with Crippen LogP contribution in [0, 0.1) is 11.8 Å². The minimum atomic E-state index is -1.13. The van der Waals surface area contributed by atoms with Crippen LogP contribution in [0.25, 0.3) is 0 Å². The van der Waals surface area contributed by atoms with Gasteiger partial charge in [-0.05, 0) is 6.92 Å². The first-order valence-corrected chi connectivity index (χ1v) is 8.12. The number of hydrogen-bond donors (Lipinski definition) is 3. The van der Waals surface area contributed by atoms with Crippen LogP contribution >= 0.6 is 11.8 Å². The summed E-state index contributed by atoms with van der Waals surface area (Å²) in [5.74, 6) is -2.20. The van der Waals surface area contributed by atoms with Crippen LogP contribution in [0.5, 0.6) is 0 Å². The van der Waals surface area contributed by atoms with Gasteiger partial charge in [0.05, 0.1) is 18.1 Å². The summed E-state index contributed by atoms with van der Waals surface area (Å²) < 4.78 is 0. The van der Waals surface area contributed by atoms with E-state index in [9.17, 15) is 24.6 Å². The van der Waals surface area contributed by atoms with E-state index in [-0.39, 0.29) is 34.7 Å².